The average Bonchev–Trinajstić information content (AvgIpc) is 2.58. The van der Waals surface area contributed by atoms with Crippen LogP contribution in [0.15, 0.2) is 12.3 Å². The number of rotatable bonds is 2. The first-order valence-corrected chi connectivity index (χ1v) is 4.22. The summed E-state index contributed by atoms with van der Waals surface area (Å²) in [5, 5.41) is 4.07. The molecule has 64 valence electrons. The van der Waals surface area contributed by atoms with Crippen molar-refractivity contribution in [3.05, 3.63) is 18.0 Å². The molecule has 2 unspecified atom stereocenters. The first kappa shape index (κ1) is 7.53. The van der Waals surface area contributed by atoms with Crippen molar-refractivity contribution in [2.24, 2.45) is 18.9 Å². The van der Waals surface area contributed by atoms with Crippen molar-refractivity contribution in [3.63, 3.8) is 0 Å². The van der Waals surface area contributed by atoms with Crippen molar-refractivity contribution >= 4 is 5.78 Å². The molecule has 12 heavy (non-hydrogen) atoms. The fourth-order valence-corrected chi connectivity index (χ4v) is 1.42. The number of nitrogens with zero attached hydrogens (tertiary/aromatic N) is 2. The Bertz CT molecular complexity index is 316. The van der Waals surface area contributed by atoms with E-state index in [1.807, 2.05) is 7.05 Å². The Hall–Kier alpha value is -1.12. The normalized spacial score (nSPS) is 27.2. The van der Waals surface area contributed by atoms with Crippen LogP contribution in [0.25, 0.3) is 0 Å². The maximum atomic E-state index is 11.6. The minimum Gasteiger partial charge on any atom is -0.292 e. The molecular weight excluding hydrogens is 152 g/mol. The molecule has 1 aromatic rings. The lowest BCUT2D eigenvalue weighted by molar-refractivity contribution is 0.0956. The van der Waals surface area contributed by atoms with Gasteiger partial charge in [-0.2, -0.15) is 5.10 Å². The van der Waals surface area contributed by atoms with E-state index in [4.69, 9.17) is 0 Å². The van der Waals surface area contributed by atoms with E-state index < -0.39 is 0 Å². The lowest BCUT2D eigenvalue weighted by atomic mass is 10.2. The van der Waals surface area contributed by atoms with Gasteiger partial charge < -0.3 is 0 Å². The van der Waals surface area contributed by atoms with Gasteiger partial charge >= 0.3 is 0 Å². The molecule has 3 nitrogen and oxygen atoms in total. The smallest absolute Gasteiger partial charge is 0.186 e. The topological polar surface area (TPSA) is 34.9 Å². The predicted octanol–water partition coefficient (Wildman–Crippen LogP) is 1.26. The third-order valence-corrected chi connectivity index (χ3v) is 2.41. The molecule has 0 amide bonds. The molecule has 3 heteroatoms. The maximum Gasteiger partial charge on any atom is 0.186 e. The van der Waals surface area contributed by atoms with E-state index in [9.17, 15) is 4.79 Å². The van der Waals surface area contributed by atoms with E-state index >= 15 is 0 Å². The lowest BCUT2D eigenvalue weighted by Crippen LogP contribution is -2.04. The highest BCUT2D eigenvalue weighted by Gasteiger charge is 2.40. The first-order chi connectivity index (χ1) is 5.68. The zero-order valence-corrected chi connectivity index (χ0v) is 7.32. The van der Waals surface area contributed by atoms with E-state index in [2.05, 4.69) is 12.0 Å². The highest BCUT2D eigenvalue weighted by molar-refractivity contribution is 5.97. The zero-order valence-electron chi connectivity index (χ0n) is 7.32. The van der Waals surface area contributed by atoms with Crippen molar-refractivity contribution in [1.29, 1.82) is 0 Å². The van der Waals surface area contributed by atoms with Gasteiger partial charge in [0.1, 0.15) is 5.69 Å². The van der Waals surface area contributed by atoms with Gasteiger partial charge in [0.15, 0.2) is 5.78 Å². The molecule has 2 rings (SSSR count). The predicted molar refractivity (Wildman–Crippen MR) is 44.8 cm³/mol. The standard InChI is InChI=1S/C9H12N2O/c1-6-5-7(6)9(12)8-3-4-11(2)10-8/h3-4,6-7H,5H2,1-2H3. The van der Waals surface area contributed by atoms with Gasteiger partial charge in [-0.3, -0.25) is 9.48 Å². The van der Waals surface area contributed by atoms with Crippen molar-refractivity contribution in [2.45, 2.75) is 13.3 Å². The largest absolute Gasteiger partial charge is 0.292 e. The van der Waals surface area contributed by atoms with Gasteiger partial charge in [-0.25, -0.2) is 0 Å². The Kier molecular flexibility index (Phi) is 1.53. The van der Waals surface area contributed by atoms with Gasteiger partial charge in [0, 0.05) is 19.2 Å². The Labute approximate surface area is 71.4 Å². The number of aromatic nitrogens is 2. The molecule has 0 spiro atoms. The quantitative estimate of drug-likeness (QED) is 0.617. The molecule has 1 aliphatic rings. The second kappa shape index (κ2) is 2.44. The van der Waals surface area contributed by atoms with E-state index in [1.165, 1.54) is 0 Å². The Morgan fingerprint density at radius 3 is 2.83 bits per heavy atom. The van der Waals surface area contributed by atoms with Crippen LogP contribution in [0.2, 0.25) is 0 Å². The summed E-state index contributed by atoms with van der Waals surface area (Å²) in [6.45, 7) is 2.10. The van der Waals surface area contributed by atoms with Crippen molar-refractivity contribution in [3.8, 4) is 0 Å². The number of carbonyl (C=O) groups excluding carboxylic acids is 1. The number of hydrogen-bond acceptors (Lipinski definition) is 2. The number of Topliss-reactive ketones (excluding diaryl/α,β-unsaturated/α-hetero) is 1. The Morgan fingerprint density at radius 2 is 2.42 bits per heavy atom. The molecule has 1 aromatic heterocycles. The van der Waals surface area contributed by atoms with Crippen LogP contribution in [-0.2, 0) is 7.05 Å². The number of ketones is 1. The molecule has 2 atom stereocenters. The monoisotopic (exact) mass is 164 g/mol. The molecule has 0 saturated heterocycles. The van der Waals surface area contributed by atoms with Gasteiger partial charge in [-0.15, -0.1) is 0 Å². The summed E-state index contributed by atoms with van der Waals surface area (Å²) in [6, 6.07) is 1.79. The third-order valence-electron chi connectivity index (χ3n) is 2.41. The van der Waals surface area contributed by atoms with E-state index in [0.717, 1.165) is 6.42 Å². The molecule has 1 saturated carbocycles. The molecular formula is C9H12N2O. The molecule has 0 aliphatic heterocycles. The average molecular weight is 164 g/mol. The van der Waals surface area contributed by atoms with Crippen molar-refractivity contribution < 1.29 is 4.79 Å². The van der Waals surface area contributed by atoms with Crippen molar-refractivity contribution in [1.82, 2.24) is 9.78 Å². The summed E-state index contributed by atoms with van der Waals surface area (Å²) >= 11 is 0. The highest BCUT2D eigenvalue weighted by Crippen LogP contribution is 2.39. The summed E-state index contributed by atoms with van der Waals surface area (Å²) in [5.41, 5.74) is 0.617. The van der Waals surface area contributed by atoms with E-state index in [1.54, 1.807) is 16.9 Å². The fraction of sp³-hybridized carbons (Fsp3) is 0.556. The van der Waals surface area contributed by atoms with Crippen LogP contribution in [0.4, 0.5) is 0 Å². The van der Waals surface area contributed by atoms with Crippen LogP contribution in [0.1, 0.15) is 23.8 Å². The summed E-state index contributed by atoms with van der Waals surface area (Å²) in [4.78, 5) is 11.6. The van der Waals surface area contributed by atoms with Gasteiger partial charge in [0.05, 0.1) is 0 Å². The molecule has 0 aromatic carbocycles. The highest BCUT2D eigenvalue weighted by atomic mass is 16.1. The number of hydrogen-bond donors (Lipinski definition) is 0. The first-order valence-electron chi connectivity index (χ1n) is 4.22. The second-order valence-corrected chi connectivity index (χ2v) is 3.56. The summed E-state index contributed by atoms with van der Waals surface area (Å²) < 4.78 is 1.67. The number of carbonyl (C=O) groups is 1. The van der Waals surface area contributed by atoms with Crippen LogP contribution in [0.3, 0.4) is 0 Å². The van der Waals surface area contributed by atoms with Gasteiger partial charge in [0.25, 0.3) is 0 Å². The van der Waals surface area contributed by atoms with Crippen LogP contribution in [0.5, 0.6) is 0 Å². The summed E-state index contributed by atoms with van der Waals surface area (Å²) in [5.74, 6) is 1.03. The molecule has 1 heterocycles. The van der Waals surface area contributed by atoms with Crippen molar-refractivity contribution in [2.75, 3.05) is 0 Å². The Morgan fingerprint density at radius 1 is 1.75 bits per heavy atom. The maximum absolute atomic E-state index is 11.6. The molecule has 0 bridgehead atoms. The third kappa shape index (κ3) is 1.15. The van der Waals surface area contributed by atoms with Gasteiger partial charge in [-0.1, -0.05) is 6.92 Å². The molecule has 0 N–H and O–H groups in total. The molecule has 1 fully saturated rings. The van der Waals surface area contributed by atoms with E-state index in [-0.39, 0.29) is 11.7 Å². The van der Waals surface area contributed by atoms with E-state index in [0.29, 0.717) is 11.6 Å². The second-order valence-electron chi connectivity index (χ2n) is 3.56. The Balaban J connectivity index is 2.15. The summed E-state index contributed by atoms with van der Waals surface area (Å²) in [6.07, 6.45) is 2.84. The van der Waals surface area contributed by atoms with Crippen LogP contribution in [0, 0.1) is 11.8 Å². The SMILES string of the molecule is CC1CC1C(=O)c1ccn(C)n1. The lowest BCUT2D eigenvalue weighted by Gasteiger charge is -1.91. The zero-order chi connectivity index (χ0) is 8.72. The summed E-state index contributed by atoms with van der Waals surface area (Å²) in [7, 11) is 1.83. The minimum absolute atomic E-state index is 0.211. The van der Waals surface area contributed by atoms with Gasteiger partial charge in [-0.05, 0) is 18.4 Å². The fourth-order valence-electron chi connectivity index (χ4n) is 1.42. The number of aryl methyl sites for hydroxylation is 1. The van der Waals surface area contributed by atoms with Crippen LogP contribution >= 0.6 is 0 Å². The van der Waals surface area contributed by atoms with Gasteiger partial charge in [0.2, 0.25) is 0 Å². The molecule has 1 aliphatic carbocycles. The van der Waals surface area contributed by atoms with Crippen LogP contribution < -0.4 is 0 Å². The van der Waals surface area contributed by atoms with Crippen LogP contribution in [-0.4, -0.2) is 15.6 Å². The minimum atomic E-state index is 0.211. The molecule has 0 radical (unpaired) electrons.